The number of cyclic esters (lactones) is 1. The Kier molecular flexibility index (Phi) is 3.13. The molecule has 0 radical (unpaired) electrons. The molecule has 9 heteroatoms. The molecule has 0 bridgehead atoms. The van der Waals surface area contributed by atoms with Gasteiger partial charge in [-0.05, 0) is 0 Å². The van der Waals surface area contributed by atoms with Crippen LogP contribution in [-0.2, 0) is 17.5 Å². The van der Waals surface area contributed by atoms with Gasteiger partial charge in [0.05, 0.1) is 24.2 Å². The Morgan fingerprint density at radius 1 is 1.53 bits per heavy atom. The molecule has 2 N–H and O–H groups in total. The minimum atomic E-state index is -4.75. The third-order valence-corrected chi connectivity index (χ3v) is 2.58. The highest BCUT2D eigenvalue weighted by atomic mass is 19.4. The molecule has 0 aromatic carbocycles. The zero-order chi connectivity index (χ0) is 14.2. The van der Waals surface area contributed by atoms with Crippen LogP contribution in [0.3, 0.4) is 0 Å². The minimum Gasteiger partial charge on any atom is -0.478 e. The molecule has 6 nitrogen and oxygen atoms in total. The van der Waals surface area contributed by atoms with Gasteiger partial charge in [-0.2, -0.15) is 13.2 Å². The summed E-state index contributed by atoms with van der Waals surface area (Å²) in [6.07, 6.45) is -4.45. The van der Waals surface area contributed by atoms with E-state index in [-0.39, 0.29) is 13.1 Å². The summed E-state index contributed by atoms with van der Waals surface area (Å²) in [6.45, 7) is 0.121. The molecule has 1 amide bonds. The van der Waals surface area contributed by atoms with E-state index in [1.54, 1.807) is 0 Å². The van der Waals surface area contributed by atoms with Gasteiger partial charge in [-0.25, -0.2) is 9.59 Å². The van der Waals surface area contributed by atoms with Gasteiger partial charge in [-0.1, -0.05) is 0 Å². The first kappa shape index (κ1) is 13.2. The fourth-order valence-electron chi connectivity index (χ4n) is 1.78. The predicted octanol–water partition coefficient (Wildman–Crippen LogP) is 1.31. The third kappa shape index (κ3) is 2.80. The molecule has 2 rings (SSSR count). The van der Waals surface area contributed by atoms with E-state index >= 15 is 0 Å². The molecule has 0 spiro atoms. The van der Waals surface area contributed by atoms with Crippen molar-refractivity contribution in [1.29, 1.82) is 0 Å². The summed E-state index contributed by atoms with van der Waals surface area (Å²) in [5, 5.41) is 11.1. The zero-order valence-electron chi connectivity index (χ0n) is 9.40. The van der Waals surface area contributed by atoms with Gasteiger partial charge in [0.2, 0.25) is 0 Å². The second kappa shape index (κ2) is 4.48. The quantitative estimate of drug-likeness (QED) is 0.873. The summed E-state index contributed by atoms with van der Waals surface area (Å²) in [4.78, 5) is 21.5. The van der Waals surface area contributed by atoms with Crippen LogP contribution >= 0.6 is 0 Å². The Morgan fingerprint density at radius 3 is 2.63 bits per heavy atom. The molecule has 1 aromatic heterocycles. The maximum Gasteiger partial charge on any atom is 0.418 e. The monoisotopic (exact) mass is 278 g/mol. The molecular formula is C10H9F3N2O4. The summed E-state index contributed by atoms with van der Waals surface area (Å²) in [5.41, 5.74) is -2.05. The highest BCUT2D eigenvalue weighted by Crippen LogP contribution is 2.32. The van der Waals surface area contributed by atoms with Gasteiger partial charge in [-0.3, -0.25) is 0 Å². The molecule has 1 fully saturated rings. The van der Waals surface area contributed by atoms with Crippen LogP contribution in [0.2, 0.25) is 0 Å². The molecule has 0 saturated carbocycles. The molecular weight excluding hydrogens is 269 g/mol. The van der Waals surface area contributed by atoms with Crippen LogP contribution in [0, 0.1) is 0 Å². The number of halogens is 3. The molecule has 1 aliphatic rings. The highest BCUT2D eigenvalue weighted by molar-refractivity contribution is 5.89. The predicted molar refractivity (Wildman–Crippen MR) is 54.7 cm³/mol. The van der Waals surface area contributed by atoms with Crippen molar-refractivity contribution in [3.8, 4) is 0 Å². The second-order valence-electron chi connectivity index (χ2n) is 3.99. The van der Waals surface area contributed by atoms with E-state index in [0.717, 1.165) is 10.8 Å². The van der Waals surface area contributed by atoms with Crippen molar-refractivity contribution < 1.29 is 32.6 Å². The van der Waals surface area contributed by atoms with Crippen LogP contribution in [0.15, 0.2) is 12.4 Å². The molecule has 0 aliphatic carbocycles. The fraction of sp³-hybridized carbons (Fsp3) is 0.400. The first-order chi connectivity index (χ1) is 8.77. The van der Waals surface area contributed by atoms with Gasteiger partial charge in [0.15, 0.2) is 0 Å². The minimum absolute atomic E-state index is 0.0465. The number of nitrogens with zero attached hydrogens (tertiary/aromatic N) is 1. The molecule has 1 atom stereocenters. The number of alkyl halides is 3. The number of carbonyl (C=O) groups excluding carboxylic acids is 1. The molecule has 1 aliphatic heterocycles. The van der Waals surface area contributed by atoms with E-state index in [2.05, 4.69) is 5.32 Å². The van der Waals surface area contributed by atoms with Gasteiger partial charge < -0.3 is 19.7 Å². The van der Waals surface area contributed by atoms with E-state index < -0.39 is 35.5 Å². The Bertz CT molecular complexity index is 523. The number of aromatic carboxylic acids is 1. The van der Waals surface area contributed by atoms with Crippen molar-refractivity contribution in [1.82, 2.24) is 9.88 Å². The van der Waals surface area contributed by atoms with Crippen LogP contribution in [0.1, 0.15) is 15.9 Å². The topological polar surface area (TPSA) is 80.6 Å². The van der Waals surface area contributed by atoms with Crippen LogP contribution in [0.25, 0.3) is 0 Å². The van der Waals surface area contributed by atoms with E-state index in [0.29, 0.717) is 6.20 Å². The number of hydrogen-bond donors (Lipinski definition) is 2. The Balaban J connectivity index is 2.23. The van der Waals surface area contributed by atoms with Crippen molar-refractivity contribution in [2.24, 2.45) is 0 Å². The van der Waals surface area contributed by atoms with Crippen LogP contribution < -0.4 is 5.32 Å². The van der Waals surface area contributed by atoms with Gasteiger partial charge in [0.1, 0.15) is 6.10 Å². The second-order valence-corrected chi connectivity index (χ2v) is 3.99. The SMILES string of the molecule is O=C1NCC(Cn2cc(C(=O)O)c(C(F)(F)F)c2)O1. The van der Waals surface area contributed by atoms with Crippen molar-refractivity contribution in [2.45, 2.75) is 18.8 Å². The number of nitrogens with one attached hydrogen (secondary N) is 1. The number of alkyl carbamates (subject to hydrolysis) is 1. The van der Waals surface area contributed by atoms with Crippen molar-refractivity contribution in [2.75, 3.05) is 6.54 Å². The first-order valence-electron chi connectivity index (χ1n) is 5.22. The van der Waals surface area contributed by atoms with Crippen molar-refractivity contribution in [3.05, 3.63) is 23.5 Å². The summed E-state index contributed by atoms with van der Waals surface area (Å²) in [6, 6.07) is 0. The summed E-state index contributed by atoms with van der Waals surface area (Å²) in [5.74, 6) is -1.66. The lowest BCUT2D eigenvalue weighted by Gasteiger charge is -2.08. The molecule has 104 valence electrons. The number of ether oxygens (including phenoxy) is 1. The lowest BCUT2D eigenvalue weighted by Crippen LogP contribution is -2.19. The van der Waals surface area contributed by atoms with Crippen molar-refractivity contribution in [3.63, 3.8) is 0 Å². The Morgan fingerprint density at radius 2 is 2.21 bits per heavy atom. The Hall–Kier alpha value is -2.19. The van der Waals surface area contributed by atoms with Crippen LogP contribution in [-0.4, -0.2) is 34.4 Å². The number of amides is 1. The maximum atomic E-state index is 12.6. The Labute approximate surface area is 104 Å². The zero-order valence-corrected chi connectivity index (χ0v) is 9.40. The highest BCUT2D eigenvalue weighted by Gasteiger charge is 2.37. The van der Waals surface area contributed by atoms with Crippen LogP contribution in [0.5, 0.6) is 0 Å². The molecule has 2 heterocycles. The lowest BCUT2D eigenvalue weighted by molar-refractivity contribution is -0.138. The normalized spacial score (nSPS) is 19.1. The average molecular weight is 278 g/mol. The van der Waals surface area contributed by atoms with Gasteiger partial charge in [-0.15, -0.1) is 0 Å². The standard InChI is InChI=1S/C10H9F3N2O4/c11-10(12,13)7-4-15(3-6(7)8(16)17)2-5-1-14-9(18)19-5/h3-5H,1-2H2,(H,14,18)(H,16,17). The van der Waals surface area contributed by atoms with E-state index in [4.69, 9.17) is 9.84 Å². The maximum absolute atomic E-state index is 12.6. The van der Waals surface area contributed by atoms with E-state index in [1.807, 2.05) is 0 Å². The summed E-state index contributed by atoms with van der Waals surface area (Å²) in [7, 11) is 0. The van der Waals surface area contributed by atoms with Gasteiger partial charge >= 0.3 is 18.2 Å². The number of carboxylic acids is 1. The smallest absolute Gasteiger partial charge is 0.418 e. The number of aromatic nitrogens is 1. The third-order valence-electron chi connectivity index (χ3n) is 2.58. The molecule has 1 unspecified atom stereocenters. The molecule has 1 aromatic rings. The number of rotatable bonds is 3. The molecule has 19 heavy (non-hydrogen) atoms. The summed E-state index contributed by atoms with van der Waals surface area (Å²) >= 11 is 0. The van der Waals surface area contributed by atoms with E-state index in [9.17, 15) is 22.8 Å². The largest absolute Gasteiger partial charge is 0.478 e. The average Bonchev–Trinajstić information content (AvgIpc) is 2.85. The first-order valence-corrected chi connectivity index (χ1v) is 5.22. The van der Waals surface area contributed by atoms with Crippen molar-refractivity contribution >= 4 is 12.1 Å². The fourth-order valence-corrected chi connectivity index (χ4v) is 1.78. The number of hydrogen-bond acceptors (Lipinski definition) is 3. The number of carboxylic acid groups (broad SMARTS) is 1. The van der Waals surface area contributed by atoms with Gasteiger partial charge in [0.25, 0.3) is 0 Å². The number of carbonyl (C=O) groups is 2. The van der Waals surface area contributed by atoms with E-state index in [1.165, 1.54) is 0 Å². The van der Waals surface area contributed by atoms with Gasteiger partial charge in [0, 0.05) is 12.4 Å². The summed E-state index contributed by atoms with van der Waals surface area (Å²) < 4.78 is 43.7. The lowest BCUT2D eigenvalue weighted by atomic mass is 10.2. The molecule has 1 saturated heterocycles. The van der Waals surface area contributed by atoms with Crippen LogP contribution in [0.4, 0.5) is 18.0 Å².